The molecule has 0 atom stereocenters. The topological polar surface area (TPSA) is 89.7 Å². The zero-order chi connectivity index (χ0) is 14.5. The third-order valence-electron chi connectivity index (χ3n) is 2.33. The zero-order valence-electron chi connectivity index (χ0n) is 10.4. The SMILES string of the molecule is COCCN(CC(N)=O)S(=O)(=O)c1ccccc1F. The maximum absolute atomic E-state index is 13.6. The van der Waals surface area contributed by atoms with Crippen LogP contribution in [-0.4, -0.2) is 45.4 Å². The number of halogens is 1. The van der Waals surface area contributed by atoms with Gasteiger partial charge in [-0.25, -0.2) is 12.8 Å². The highest BCUT2D eigenvalue weighted by molar-refractivity contribution is 7.89. The average Bonchev–Trinajstić information content (AvgIpc) is 2.34. The molecule has 0 radical (unpaired) electrons. The van der Waals surface area contributed by atoms with E-state index in [4.69, 9.17) is 10.5 Å². The molecule has 19 heavy (non-hydrogen) atoms. The lowest BCUT2D eigenvalue weighted by atomic mass is 10.4. The van der Waals surface area contributed by atoms with Crippen LogP contribution in [0.25, 0.3) is 0 Å². The Morgan fingerprint density at radius 2 is 2.05 bits per heavy atom. The largest absolute Gasteiger partial charge is 0.383 e. The van der Waals surface area contributed by atoms with Gasteiger partial charge in [-0.05, 0) is 12.1 Å². The Hall–Kier alpha value is -1.51. The minimum atomic E-state index is -4.12. The van der Waals surface area contributed by atoms with E-state index in [0.717, 1.165) is 16.4 Å². The molecule has 0 unspecified atom stereocenters. The number of benzene rings is 1. The molecule has 8 heteroatoms. The van der Waals surface area contributed by atoms with Gasteiger partial charge in [0.15, 0.2) is 0 Å². The Bertz CT molecular complexity index is 547. The fourth-order valence-electron chi connectivity index (χ4n) is 1.44. The van der Waals surface area contributed by atoms with Crippen molar-refractivity contribution in [3.8, 4) is 0 Å². The van der Waals surface area contributed by atoms with Crippen LogP contribution in [0.3, 0.4) is 0 Å². The summed E-state index contributed by atoms with van der Waals surface area (Å²) in [5, 5.41) is 0. The van der Waals surface area contributed by atoms with Crippen molar-refractivity contribution >= 4 is 15.9 Å². The summed E-state index contributed by atoms with van der Waals surface area (Å²) in [5.74, 6) is -1.70. The number of sulfonamides is 1. The smallest absolute Gasteiger partial charge is 0.246 e. The first-order valence-corrected chi connectivity index (χ1v) is 6.85. The van der Waals surface area contributed by atoms with E-state index in [1.165, 1.54) is 19.2 Å². The van der Waals surface area contributed by atoms with Gasteiger partial charge in [0.1, 0.15) is 10.7 Å². The molecule has 0 aliphatic carbocycles. The molecule has 0 aliphatic rings. The van der Waals surface area contributed by atoms with Gasteiger partial charge in [-0.1, -0.05) is 12.1 Å². The normalized spacial score (nSPS) is 11.7. The Morgan fingerprint density at radius 1 is 1.42 bits per heavy atom. The van der Waals surface area contributed by atoms with Gasteiger partial charge in [0.05, 0.1) is 13.2 Å². The molecule has 0 saturated carbocycles. The van der Waals surface area contributed by atoms with Crippen LogP contribution in [0.5, 0.6) is 0 Å². The van der Waals surface area contributed by atoms with Gasteiger partial charge in [-0.3, -0.25) is 4.79 Å². The molecule has 0 fully saturated rings. The first-order chi connectivity index (χ1) is 8.89. The molecule has 1 rings (SSSR count). The van der Waals surface area contributed by atoms with Crippen molar-refractivity contribution in [2.45, 2.75) is 4.90 Å². The van der Waals surface area contributed by atoms with Crippen LogP contribution in [0, 0.1) is 5.82 Å². The highest BCUT2D eigenvalue weighted by Gasteiger charge is 2.28. The highest BCUT2D eigenvalue weighted by atomic mass is 32.2. The number of carbonyl (C=O) groups excluding carboxylic acids is 1. The summed E-state index contributed by atoms with van der Waals surface area (Å²) in [6.45, 7) is -0.545. The number of carbonyl (C=O) groups is 1. The number of rotatable bonds is 7. The predicted octanol–water partition coefficient (Wildman–Crippen LogP) is -0.0519. The Kier molecular flexibility index (Phi) is 5.40. The van der Waals surface area contributed by atoms with Crippen LogP contribution in [0.1, 0.15) is 0 Å². The van der Waals surface area contributed by atoms with Gasteiger partial charge in [0.25, 0.3) is 0 Å². The molecular weight excluding hydrogens is 275 g/mol. The van der Waals surface area contributed by atoms with Gasteiger partial charge >= 0.3 is 0 Å². The van der Waals surface area contributed by atoms with E-state index in [2.05, 4.69) is 0 Å². The van der Waals surface area contributed by atoms with Crippen LogP contribution in [-0.2, 0) is 19.6 Å². The lowest BCUT2D eigenvalue weighted by molar-refractivity contribution is -0.118. The van der Waals surface area contributed by atoms with Gasteiger partial charge in [0.2, 0.25) is 15.9 Å². The third kappa shape index (κ3) is 3.98. The zero-order valence-corrected chi connectivity index (χ0v) is 11.2. The van der Waals surface area contributed by atoms with E-state index in [0.29, 0.717) is 0 Å². The van der Waals surface area contributed by atoms with E-state index in [1.54, 1.807) is 0 Å². The average molecular weight is 290 g/mol. The molecule has 1 aromatic carbocycles. The minimum absolute atomic E-state index is 0.0704. The Labute approximate surface area is 111 Å². The summed E-state index contributed by atoms with van der Waals surface area (Å²) in [4.78, 5) is 10.4. The second kappa shape index (κ2) is 6.60. The van der Waals surface area contributed by atoms with Crippen molar-refractivity contribution in [2.75, 3.05) is 26.8 Å². The van der Waals surface area contributed by atoms with Crippen molar-refractivity contribution in [2.24, 2.45) is 5.73 Å². The van der Waals surface area contributed by atoms with Gasteiger partial charge in [-0.2, -0.15) is 4.31 Å². The quantitative estimate of drug-likeness (QED) is 0.762. The maximum Gasteiger partial charge on any atom is 0.246 e. The molecular formula is C11H15FN2O4S. The summed E-state index contributed by atoms with van der Waals surface area (Å²) in [5.41, 5.74) is 5.00. The number of primary amides is 1. The number of nitrogens with zero attached hydrogens (tertiary/aromatic N) is 1. The highest BCUT2D eigenvalue weighted by Crippen LogP contribution is 2.18. The first kappa shape index (κ1) is 15.5. The minimum Gasteiger partial charge on any atom is -0.383 e. The summed E-state index contributed by atoms with van der Waals surface area (Å²) in [7, 11) is -2.73. The standard InChI is InChI=1S/C11H15FN2O4S/c1-18-7-6-14(8-11(13)15)19(16,17)10-5-3-2-4-9(10)12/h2-5H,6-8H2,1H3,(H2,13,15). The van der Waals surface area contributed by atoms with Crippen molar-refractivity contribution in [1.82, 2.24) is 4.31 Å². The second-order valence-corrected chi connectivity index (χ2v) is 5.63. The molecule has 0 saturated heterocycles. The van der Waals surface area contributed by atoms with E-state index in [-0.39, 0.29) is 13.2 Å². The van der Waals surface area contributed by atoms with Gasteiger partial charge < -0.3 is 10.5 Å². The van der Waals surface area contributed by atoms with Crippen molar-refractivity contribution in [1.29, 1.82) is 0 Å². The summed E-state index contributed by atoms with van der Waals surface area (Å²) in [6.07, 6.45) is 0. The molecule has 0 bridgehead atoms. The fraction of sp³-hybridized carbons (Fsp3) is 0.364. The first-order valence-electron chi connectivity index (χ1n) is 5.41. The Morgan fingerprint density at radius 3 is 2.58 bits per heavy atom. The molecule has 0 aliphatic heterocycles. The van der Waals surface area contributed by atoms with E-state index in [9.17, 15) is 17.6 Å². The molecule has 1 amide bonds. The van der Waals surface area contributed by atoms with Crippen molar-refractivity contribution in [3.63, 3.8) is 0 Å². The van der Waals surface area contributed by atoms with Gasteiger partial charge in [-0.15, -0.1) is 0 Å². The Balaban J connectivity index is 3.12. The van der Waals surface area contributed by atoms with Crippen LogP contribution < -0.4 is 5.73 Å². The lowest BCUT2D eigenvalue weighted by Gasteiger charge is -2.20. The number of ether oxygens (including phenoxy) is 1. The predicted molar refractivity (Wildman–Crippen MR) is 66.2 cm³/mol. The molecule has 0 aromatic heterocycles. The molecule has 2 N–H and O–H groups in total. The van der Waals surface area contributed by atoms with Crippen LogP contribution in [0.2, 0.25) is 0 Å². The monoisotopic (exact) mass is 290 g/mol. The van der Waals surface area contributed by atoms with Crippen LogP contribution in [0.15, 0.2) is 29.2 Å². The molecule has 0 heterocycles. The third-order valence-corrected chi connectivity index (χ3v) is 4.21. The molecule has 1 aromatic rings. The van der Waals surface area contributed by atoms with E-state index in [1.807, 2.05) is 0 Å². The number of nitrogens with two attached hydrogens (primary N) is 1. The molecule has 106 valence electrons. The number of hydrogen-bond donors (Lipinski definition) is 1. The number of hydrogen-bond acceptors (Lipinski definition) is 4. The summed E-state index contributed by atoms with van der Waals surface area (Å²) < 4.78 is 43.5. The van der Waals surface area contributed by atoms with Crippen molar-refractivity contribution in [3.05, 3.63) is 30.1 Å². The number of methoxy groups -OCH3 is 1. The number of amides is 1. The van der Waals surface area contributed by atoms with E-state index >= 15 is 0 Å². The lowest BCUT2D eigenvalue weighted by Crippen LogP contribution is -2.40. The van der Waals surface area contributed by atoms with Crippen molar-refractivity contribution < 1.29 is 22.3 Å². The van der Waals surface area contributed by atoms with Gasteiger partial charge in [0, 0.05) is 13.7 Å². The summed E-state index contributed by atoms with van der Waals surface area (Å²) in [6, 6.07) is 4.94. The maximum atomic E-state index is 13.6. The molecule has 6 nitrogen and oxygen atoms in total. The second-order valence-electron chi connectivity index (χ2n) is 3.73. The van der Waals surface area contributed by atoms with E-state index < -0.39 is 33.2 Å². The molecule has 0 spiro atoms. The van der Waals surface area contributed by atoms with Crippen LogP contribution in [0.4, 0.5) is 4.39 Å². The fourth-order valence-corrected chi connectivity index (χ4v) is 2.90. The van der Waals surface area contributed by atoms with Crippen LogP contribution >= 0.6 is 0 Å². The summed E-state index contributed by atoms with van der Waals surface area (Å²) >= 11 is 0.